The van der Waals surface area contributed by atoms with E-state index in [2.05, 4.69) is 0 Å². The van der Waals surface area contributed by atoms with Crippen molar-refractivity contribution in [2.45, 2.75) is 0 Å². The first-order chi connectivity index (χ1) is 12.6. The van der Waals surface area contributed by atoms with Crippen molar-refractivity contribution in [1.29, 1.82) is 0 Å². The van der Waals surface area contributed by atoms with E-state index < -0.39 is 0 Å². The Balaban J connectivity index is 2.13. The average molecular weight is 354 g/mol. The molecule has 0 fully saturated rings. The van der Waals surface area contributed by atoms with Crippen molar-refractivity contribution >= 4 is 17.9 Å². The van der Waals surface area contributed by atoms with Crippen LogP contribution in [0.15, 0.2) is 48.6 Å². The SMILES string of the molecule is COc1cc(/C=C/C(=O)/C=C/c2cc(OC)cc(OC)c2)cc(OC)c1. The van der Waals surface area contributed by atoms with Crippen molar-refractivity contribution in [3.63, 3.8) is 0 Å². The number of rotatable bonds is 8. The lowest BCUT2D eigenvalue weighted by Crippen LogP contribution is -1.90. The lowest BCUT2D eigenvalue weighted by atomic mass is 10.1. The second-order valence-electron chi connectivity index (χ2n) is 5.36. The van der Waals surface area contributed by atoms with Gasteiger partial charge in [-0.05, 0) is 47.5 Å². The van der Waals surface area contributed by atoms with Crippen molar-refractivity contribution < 1.29 is 23.7 Å². The Labute approximate surface area is 153 Å². The highest BCUT2D eigenvalue weighted by atomic mass is 16.5. The normalized spacial score (nSPS) is 10.9. The highest BCUT2D eigenvalue weighted by Gasteiger charge is 2.01. The van der Waals surface area contributed by atoms with Gasteiger partial charge in [-0.2, -0.15) is 0 Å². The first kappa shape index (κ1) is 19.1. The maximum atomic E-state index is 12.1. The molecule has 2 aromatic rings. The van der Waals surface area contributed by atoms with Gasteiger partial charge in [0.25, 0.3) is 0 Å². The van der Waals surface area contributed by atoms with Crippen LogP contribution in [-0.2, 0) is 4.79 Å². The first-order valence-electron chi connectivity index (χ1n) is 7.94. The molecule has 0 spiro atoms. The molecule has 5 heteroatoms. The first-order valence-corrected chi connectivity index (χ1v) is 7.94. The third-order valence-corrected chi connectivity index (χ3v) is 3.63. The van der Waals surface area contributed by atoms with Gasteiger partial charge in [0.05, 0.1) is 28.4 Å². The minimum atomic E-state index is -0.145. The second kappa shape index (κ2) is 9.32. The van der Waals surface area contributed by atoms with Crippen molar-refractivity contribution in [3.05, 3.63) is 59.7 Å². The molecule has 0 aromatic heterocycles. The number of hydrogen-bond donors (Lipinski definition) is 0. The topological polar surface area (TPSA) is 54.0 Å². The summed E-state index contributed by atoms with van der Waals surface area (Å²) in [6.07, 6.45) is 6.40. The standard InChI is InChI=1S/C21H22O5/c1-23-18-9-15(10-19(13-18)24-2)5-7-17(22)8-6-16-11-20(25-3)14-21(12-16)26-4/h5-14H,1-4H3/b7-5+,8-6+. The molecule has 0 saturated heterocycles. The molecule has 0 heterocycles. The highest BCUT2D eigenvalue weighted by Crippen LogP contribution is 2.24. The lowest BCUT2D eigenvalue weighted by Gasteiger charge is -2.05. The maximum absolute atomic E-state index is 12.1. The van der Waals surface area contributed by atoms with Gasteiger partial charge in [-0.3, -0.25) is 4.79 Å². The molecule has 0 aliphatic heterocycles. The van der Waals surface area contributed by atoms with Gasteiger partial charge < -0.3 is 18.9 Å². The lowest BCUT2D eigenvalue weighted by molar-refractivity contribution is -0.110. The van der Waals surface area contributed by atoms with Crippen LogP contribution >= 0.6 is 0 Å². The fraction of sp³-hybridized carbons (Fsp3) is 0.190. The van der Waals surface area contributed by atoms with E-state index in [-0.39, 0.29) is 5.78 Å². The van der Waals surface area contributed by atoms with Gasteiger partial charge in [-0.25, -0.2) is 0 Å². The molecule has 0 radical (unpaired) electrons. The summed E-state index contributed by atoms with van der Waals surface area (Å²) < 4.78 is 20.9. The van der Waals surface area contributed by atoms with Crippen molar-refractivity contribution in [3.8, 4) is 23.0 Å². The van der Waals surface area contributed by atoms with Crippen LogP contribution in [0.2, 0.25) is 0 Å². The van der Waals surface area contributed by atoms with E-state index in [4.69, 9.17) is 18.9 Å². The zero-order valence-corrected chi connectivity index (χ0v) is 15.3. The molecular weight excluding hydrogens is 332 g/mol. The fourth-order valence-corrected chi connectivity index (χ4v) is 2.26. The van der Waals surface area contributed by atoms with Crippen LogP contribution in [0.4, 0.5) is 0 Å². The predicted molar refractivity (Wildman–Crippen MR) is 102 cm³/mol. The number of methoxy groups -OCH3 is 4. The number of carbonyl (C=O) groups is 1. The monoisotopic (exact) mass is 354 g/mol. The largest absolute Gasteiger partial charge is 0.497 e. The summed E-state index contributed by atoms with van der Waals surface area (Å²) in [5.74, 6) is 2.51. The molecule has 2 aromatic carbocycles. The molecule has 0 saturated carbocycles. The zero-order valence-electron chi connectivity index (χ0n) is 15.3. The summed E-state index contributed by atoms with van der Waals surface area (Å²) in [7, 11) is 6.33. The van der Waals surface area contributed by atoms with Crippen molar-refractivity contribution in [1.82, 2.24) is 0 Å². The van der Waals surface area contributed by atoms with Crippen LogP contribution in [0.5, 0.6) is 23.0 Å². The van der Waals surface area contributed by atoms with Crippen LogP contribution in [-0.4, -0.2) is 34.2 Å². The Morgan fingerprint density at radius 2 is 0.923 bits per heavy atom. The third-order valence-electron chi connectivity index (χ3n) is 3.63. The van der Waals surface area contributed by atoms with Crippen molar-refractivity contribution in [2.24, 2.45) is 0 Å². The van der Waals surface area contributed by atoms with E-state index in [1.807, 2.05) is 24.3 Å². The Bertz CT molecular complexity index is 709. The number of carbonyl (C=O) groups excluding carboxylic acids is 1. The van der Waals surface area contributed by atoms with Crippen LogP contribution in [0, 0.1) is 0 Å². The summed E-state index contributed by atoms with van der Waals surface area (Å²) >= 11 is 0. The molecule has 0 unspecified atom stereocenters. The summed E-state index contributed by atoms with van der Waals surface area (Å²) in [6, 6.07) is 10.8. The van der Waals surface area contributed by atoms with Gasteiger partial charge in [-0.1, -0.05) is 12.2 Å². The molecule has 26 heavy (non-hydrogen) atoms. The fourth-order valence-electron chi connectivity index (χ4n) is 2.26. The van der Waals surface area contributed by atoms with Gasteiger partial charge >= 0.3 is 0 Å². The summed E-state index contributed by atoms with van der Waals surface area (Å²) in [6.45, 7) is 0. The van der Waals surface area contributed by atoms with E-state index in [1.165, 1.54) is 12.2 Å². The Kier molecular flexibility index (Phi) is 6.85. The van der Waals surface area contributed by atoms with Gasteiger partial charge in [-0.15, -0.1) is 0 Å². The van der Waals surface area contributed by atoms with Crippen LogP contribution in [0.1, 0.15) is 11.1 Å². The molecule has 0 amide bonds. The van der Waals surface area contributed by atoms with E-state index >= 15 is 0 Å². The minimum Gasteiger partial charge on any atom is -0.497 e. The molecule has 2 rings (SSSR count). The summed E-state index contributed by atoms with van der Waals surface area (Å²) in [5.41, 5.74) is 1.62. The number of ketones is 1. The van der Waals surface area contributed by atoms with Gasteiger partial charge in [0.2, 0.25) is 0 Å². The Morgan fingerprint density at radius 3 is 1.19 bits per heavy atom. The molecule has 0 atom stereocenters. The van der Waals surface area contributed by atoms with Gasteiger partial charge in [0.15, 0.2) is 5.78 Å². The molecule has 0 N–H and O–H groups in total. The van der Waals surface area contributed by atoms with E-state index in [9.17, 15) is 4.79 Å². The predicted octanol–water partition coefficient (Wildman–Crippen LogP) is 4.02. The van der Waals surface area contributed by atoms with E-state index in [1.54, 1.807) is 52.7 Å². The third kappa shape index (κ3) is 5.41. The maximum Gasteiger partial charge on any atom is 0.178 e. The van der Waals surface area contributed by atoms with Crippen LogP contribution in [0.3, 0.4) is 0 Å². The minimum absolute atomic E-state index is 0.145. The molecule has 136 valence electrons. The number of benzene rings is 2. The molecule has 5 nitrogen and oxygen atoms in total. The smallest absolute Gasteiger partial charge is 0.178 e. The second-order valence-corrected chi connectivity index (χ2v) is 5.36. The Hall–Kier alpha value is -3.21. The van der Waals surface area contributed by atoms with Gasteiger partial charge in [0, 0.05) is 12.1 Å². The molecular formula is C21H22O5. The van der Waals surface area contributed by atoms with Gasteiger partial charge in [0.1, 0.15) is 23.0 Å². The van der Waals surface area contributed by atoms with Crippen LogP contribution < -0.4 is 18.9 Å². The Morgan fingerprint density at radius 1 is 0.615 bits per heavy atom. The molecule has 0 bridgehead atoms. The number of allylic oxidation sites excluding steroid dienone is 2. The summed E-state index contributed by atoms with van der Waals surface area (Å²) in [4.78, 5) is 12.1. The highest BCUT2D eigenvalue weighted by molar-refractivity contribution is 6.04. The number of ether oxygens (including phenoxy) is 4. The van der Waals surface area contributed by atoms with E-state index in [0.29, 0.717) is 23.0 Å². The summed E-state index contributed by atoms with van der Waals surface area (Å²) in [5, 5.41) is 0. The van der Waals surface area contributed by atoms with E-state index in [0.717, 1.165) is 11.1 Å². The van der Waals surface area contributed by atoms with Crippen LogP contribution in [0.25, 0.3) is 12.2 Å². The quantitative estimate of drug-likeness (QED) is 0.670. The average Bonchev–Trinajstić information content (AvgIpc) is 2.69. The van der Waals surface area contributed by atoms with Crippen molar-refractivity contribution in [2.75, 3.05) is 28.4 Å². The molecule has 0 aliphatic rings. The zero-order chi connectivity index (χ0) is 18.9. The molecule has 0 aliphatic carbocycles. The number of hydrogen-bond acceptors (Lipinski definition) is 5.